The predicted molar refractivity (Wildman–Crippen MR) is 129 cm³/mol. The number of nitro benzene ring substituents is 1. The summed E-state index contributed by atoms with van der Waals surface area (Å²) in [7, 11) is -2.61. The minimum absolute atomic E-state index is 0.0973. The molecule has 0 saturated carbocycles. The van der Waals surface area contributed by atoms with Crippen molar-refractivity contribution in [2.24, 2.45) is 5.10 Å². The number of ether oxygens (including phenoxy) is 1. The number of hydrogen-bond acceptors (Lipinski definition) is 7. The fraction of sp³-hybridized carbons (Fsp3) is 0.174. The standard InChI is InChI=1S/C23H24N4O5S/c1-15-8-10-21(16(2)12-15)26-33(30,31)23-14-19(27(28)29)9-11-22(23)25-24-17(3)18-6-5-7-20(13-18)32-4/h5-14,25-26H,1-4H3/b24-17-. The van der Waals surface area contributed by atoms with Gasteiger partial charge in [0.15, 0.2) is 0 Å². The van der Waals surface area contributed by atoms with E-state index in [2.05, 4.69) is 15.2 Å². The van der Waals surface area contributed by atoms with Crippen LogP contribution >= 0.6 is 0 Å². The van der Waals surface area contributed by atoms with E-state index in [4.69, 9.17) is 4.74 Å². The van der Waals surface area contributed by atoms with Crippen LogP contribution in [0.15, 0.2) is 70.7 Å². The van der Waals surface area contributed by atoms with Crippen LogP contribution in [0.5, 0.6) is 5.75 Å². The van der Waals surface area contributed by atoms with Gasteiger partial charge in [0.2, 0.25) is 0 Å². The van der Waals surface area contributed by atoms with Gasteiger partial charge in [-0.05, 0) is 50.6 Å². The van der Waals surface area contributed by atoms with E-state index in [1.807, 2.05) is 25.1 Å². The summed E-state index contributed by atoms with van der Waals surface area (Å²) in [4.78, 5) is 10.3. The number of aryl methyl sites for hydroxylation is 2. The van der Waals surface area contributed by atoms with Crippen LogP contribution in [0.1, 0.15) is 23.6 Å². The molecule has 0 aliphatic rings. The van der Waals surface area contributed by atoms with E-state index in [-0.39, 0.29) is 16.3 Å². The van der Waals surface area contributed by atoms with E-state index in [1.54, 1.807) is 45.2 Å². The lowest BCUT2D eigenvalue weighted by molar-refractivity contribution is -0.385. The van der Waals surface area contributed by atoms with Crippen molar-refractivity contribution in [3.8, 4) is 5.75 Å². The summed E-state index contributed by atoms with van der Waals surface area (Å²) < 4.78 is 34.1. The second kappa shape index (κ2) is 9.70. The molecular weight excluding hydrogens is 444 g/mol. The average molecular weight is 469 g/mol. The van der Waals surface area contributed by atoms with Gasteiger partial charge >= 0.3 is 0 Å². The minimum atomic E-state index is -4.16. The first-order valence-electron chi connectivity index (χ1n) is 9.94. The Hall–Kier alpha value is -3.92. The molecule has 0 heterocycles. The maximum atomic E-state index is 13.2. The fourth-order valence-corrected chi connectivity index (χ4v) is 4.43. The Morgan fingerprint density at radius 1 is 1.03 bits per heavy atom. The molecule has 0 aromatic heterocycles. The van der Waals surface area contributed by atoms with Crippen molar-refractivity contribution < 1.29 is 18.1 Å². The zero-order chi connectivity index (χ0) is 24.2. The quantitative estimate of drug-likeness (QED) is 0.277. The van der Waals surface area contributed by atoms with Crippen molar-refractivity contribution in [2.45, 2.75) is 25.7 Å². The molecule has 9 nitrogen and oxygen atoms in total. The number of rotatable bonds is 8. The number of anilines is 2. The highest BCUT2D eigenvalue weighted by Crippen LogP contribution is 2.29. The van der Waals surface area contributed by atoms with Gasteiger partial charge in [-0.3, -0.25) is 20.3 Å². The molecule has 2 N–H and O–H groups in total. The maximum Gasteiger partial charge on any atom is 0.270 e. The molecule has 0 aliphatic carbocycles. The van der Waals surface area contributed by atoms with Crippen molar-refractivity contribution >= 4 is 32.8 Å². The molecule has 0 saturated heterocycles. The predicted octanol–water partition coefficient (Wildman–Crippen LogP) is 4.86. The number of nitro groups is 1. The van der Waals surface area contributed by atoms with Gasteiger partial charge in [0.05, 0.1) is 29.1 Å². The first kappa shape index (κ1) is 23.7. The lowest BCUT2D eigenvalue weighted by atomic mass is 10.1. The van der Waals surface area contributed by atoms with Crippen LogP contribution in [-0.2, 0) is 10.0 Å². The van der Waals surface area contributed by atoms with Crippen LogP contribution in [0.2, 0.25) is 0 Å². The third-order valence-electron chi connectivity index (χ3n) is 4.92. The van der Waals surface area contributed by atoms with Crippen LogP contribution < -0.4 is 14.9 Å². The second-order valence-electron chi connectivity index (χ2n) is 7.40. The number of non-ortho nitro benzene ring substituents is 1. The molecule has 0 radical (unpaired) electrons. The second-order valence-corrected chi connectivity index (χ2v) is 9.05. The summed E-state index contributed by atoms with van der Waals surface area (Å²) in [6.07, 6.45) is 0. The Kier molecular flexibility index (Phi) is 6.98. The lowest BCUT2D eigenvalue weighted by Gasteiger charge is -2.14. The molecule has 0 amide bonds. The van der Waals surface area contributed by atoms with Crippen LogP contribution in [0.4, 0.5) is 17.1 Å². The SMILES string of the molecule is COc1cccc(/C(C)=N\Nc2ccc([N+](=O)[O-])cc2S(=O)(=O)Nc2ccc(C)cc2C)c1. The Morgan fingerprint density at radius 2 is 1.76 bits per heavy atom. The van der Waals surface area contributed by atoms with E-state index < -0.39 is 14.9 Å². The Balaban J connectivity index is 1.99. The van der Waals surface area contributed by atoms with E-state index in [0.29, 0.717) is 17.1 Å². The van der Waals surface area contributed by atoms with E-state index >= 15 is 0 Å². The summed E-state index contributed by atoms with van der Waals surface area (Å²) in [5, 5.41) is 15.6. The minimum Gasteiger partial charge on any atom is -0.497 e. The van der Waals surface area contributed by atoms with E-state index in [0.717, 1.165) is 22.8 Å². The number of hydrazone groups is 1. The first-order chi connectivity index (χ1) is 15.6. The van der Waals surface area contributed by atoms with Gasteiger partial charge in [0.25, 0.3) is 15.7 Å². The van der Waals surface area contributed by atoms with Crippen molar-refractivity contribution in [3.63, 3.8) is 0 Å². The Labute approximate surface area is 192 Å². The molecule has 0 bridgehead atoms. The van der Waals surface area contributed by atoms with Crippen molar-refractivity contribution in [2.75, 3.05) is 17.3 Å². The molecular formula is C23H24N4O5S. The number of nitrogens with one attached hydrogen (secondary N) is 2. The van der Waals surface area contributed by atoms with Gasteiger partial charge in [-0.2, -0.15) is 5.10 Å². The molecule has 3 aromatic rings. The van der Waals surface area contributed by atoms with E-state index in [9.17, 15) is 18.5 Å². The van der Waals surface area contributed by atoms with Gasteiger partial charge in [0.1, 0.15) is 10.6 Å². The highest BCUT2D eigenvalue weighted by molar-refractivity contribution is 7.92. The number of benzene rings is 3. The molecule has 0 unspecified atom stereocenters. The lowest BCUT2D eigenvalue weighted by Crippen LogP contribution is -2.16. The van der Waals surface area contributed by atoms with Gasteiger partial charge in [-0.15, -0.1) is 0 Å². The van der Waals surface area contributed by atoms with Crippen LogP contribution in [-0.4, -0.2) is 26.2 Å². The number of nitrogens with zero attached hydrogens (tertiary/aromatic N) is 2. The third-order valence-corrected chi connectivity index (χ3v) is 6.33. The molecule has 0 spiro atoms. The van der Waals surface area contributed by atoms with Crippen molar-refractivity contribution in [3.05, 3.63) is 87.5 Å². The summed E-state index contributed by atoms with van der Waals surface area (Å²) in [5.41, 5.74) is 5.91. The highest BCUT2D eigenvalue weighted by atomic mass is 32.2. The third kappa shape index (κ3) is 5.66. The number of sulfonamides is 1. The summed E-state index contributed by atoms with van der Waals surface area (Å²) in [5.74, 6) is 0.651. The molecule has 33 heavy (non-hydrogen) atoms. The normalized spacial score (nSPS) is 11.7. The average Bonchev–Trinajstić information content (AvgIpc) is 2.79. The highest BCUT2D eigenvalue weighted by Gasteiger charge is 2.23. The van der Waals surface area contributed by atoms with Crippen LogP contribution in [0.3, 0.4) is 0 Å². The van der Waals surface area contributed by atoms with E-state index in [1.165, 1.54) is 12.1 Å². The molecule has 3 aromatic carbocycles. The summed E-state index contributed by atoms with van der Waals surface area (Å²) in [6.45, 7) is 5.42. The monoisotopic (exact) mass is 468 g/mol. The zero-order valence-corrected chi connectivity index (χ0v) is 19.4. The van der Waals surface area contributed by atoms with Crippen molar-refractivity contribution in [1.29, 1.82) is 0 Å². The van der Waals surface area contributed by atoms with Crippen molar-refractivity contribution in [1.82, 2.24) is 0 Å². The topological polar surface area (TPSA) is 123 Å². The largest absolute Gasteiger partial charge is 0.497 e. The number of methoxy groups -OCH3 is 1. The van der Waals surface area contributed by atoms with Gasteiger partial charge in [-0.1, -0.05) is 29.8 Å². The Bertz CT molecular complexity index is 1340. The summed E-state index contributed by atoms with van der Waals surface area (Å²) >= 11 is 0. The van der Waals surface area contributed by atoms with Crippen LogP contribution in [0.25, 0.3) is 0 Å². The zero-order valence-electron chi connectivity index (χ0n) is 18.6. The van der Waals surface area contributed by atoms with Gasteiger partial charge in [0, 0.05) is 17.7 Å². The van der Waals surface area contributed by atoms with Gasteiger partial charge < -0.3 is 4.74 Å². The molecule has 0 fully saturated rings. The molecule has 172 valence electrons. The molecule has 3 rings (SSSR count). The number of hydrogen-bond donors (Lipinski definition) is 2. The maximum absolute atomic E-state index is 13.2. The van der Waals surface area contributed by atoms with Gasteiger partial charge in [-0.25, -0.2) is 8.42 Å². The summed E-state index contributed by atoms with van der Waals surface area (Å²) in [6, 6.07) is 16.0. The molecule has 0 aliphatic heterocycles. The first-order valence-corrected chi connectivity index (χ1v) is 11.4. The molecule has 10 heteroatoms. The Morgan fingerprint density at radius 3 is 2.42 bits per heavy atom. The fourth-order valence-electron chi connectivity index (χ4n) is 3.12. The van der Waals surface area contributed by atoms with Crippen LogP contribution in [0, 0.1) is 24.0 Å². The molecule has 0 atom stereocenters. The smallest absolute Gasteiger partial charge is 0.270 e.